The second kappa shape index (κ2) is 4.86. The van der Waals surface area contributed by atoms with E-state index in [-0.39, 0.29) is 6.09 Å². The van der Waals surface area contributed by atoms with Crippen LogP contribution in [0.5, 0.6) is 0 Å². The van der Waals surface area contributed by atoms with Gasteiger partial charge in [-0.05, 0) is 33.6 Å². The third kappa shape index (κ3) is 4.56. The number of hydrogen-bond acceptors (Lipinski definition) is 4. The standard InChI is InChI=1S/C11H20BNO4/c1-10(2,3)17-9(14)13-6-4-8(5-7-13)11(12,15)16/h8,15-16H,4-7H2,1-3H3. The van der Waals surface area contributed by atoms with Gasteiger partial charge in [0.2, 0.25) is 0 Å². The Morgan fingerprint density at radius 2 is 1.76 bits per heavy atom. The molecule has 96 valence electrons. The van der Waals surface area contributed by atoms with Crippen LogP contribution in [0.2, 0.25) is 0 Å². The quantitative estimate of drug-likeness (QED) is 0.516. The Hall–Kier alpha value is -0.745. The predicted molar refractivity (Wildman–Crippen MR) is 63.5 cm³/mol. The highest BCUT2D eigenvalue weighted by Gasteiger charge is 2.34. The van der Waals surface area contributed by atoms with Gasteiger partial charge in [-0.3, -0.25) is 0 Å². The molecular formula is C11H20BNO4. The van der Waals surface area contributed by atoms with Gasteiger partial charge in [-0.15, -0.1) is 0 Å². The van der Waals surface area contributed by atoms with E-state index >= 15 is 0 Å². The lowest BCUT2D eigenvalue weighted by atomic mass is 9.77. The molecule has 5 nitrogen and oxygen atoms in total. The Morgan fingerprint density at radius 1 is 1.29 bits per heavy atom. The largest absolute Gasteiger partial charge is 0.444 e. The summed E-state index contributed by atoms with van der Waals surface area (Å²) in [4.78, 5) is 13.3. The minimum atomic E-state index is -2.15. The molecule has 2 radical (unpaired) electrons. The first kappa shape index (κ1) is 14.3. The van der Waals surface area contributed by atoms with Gasteiger partial charge in [0.1, 0.15) is 11.3 Å². The van der Waals surface area contributed by atoms with Gasteiger partial charge in [0, 0.05) is 19.0 Å². The van der Waals surface area contributed by atoms with E-state index in [0.717, 1.165) is 0 Å². The van der Waals surface area contributed by atoms with Crippen molar-refractivity contribution in [1.82, 2.24) is 4.90 Å². The Bertz CT molecular complexity index is 274. The first-order valence-electron chi connectivity index (χ1n) is 5.81. The summed E-state index contributed by atoms with van der Waals surface area (Å²) in [7, 11) is 5.21. The average Bonchev–Trinajstić information content (AvgIpc) is 2.14. The molecule has 17 heavy (non-hydrogen) atoms. The number of carbonyl (C=O) groups excluding carboxylic acids is 1. The Kier molecular flexibility index (Phi) is 4.09. The fourth-order valence-electron chi connectivity index (χ4n) is 1.81. The van der Waals surface area contributed by atoms with Crippen molar-refractivity contribution in [3.63, 3.8) is 0 Å². The van der Waals surface area contributed by atoms with Crippen molar-refractivity contribution in [3.8, 4) is 0 Å². The molecule has 1 rings (SSSR count). The minimum absolute atomic E-state index is 0.366. The summed E-state index contributed by atoms with van der Waals surface area (Å²) in [6.07, 6.45) is 0.556. The summed E-state index contributed by atoms with van der Waals surface area (Å²) < 4.78 is 5.23. The fourth-order valence-corrected chi connectivity index (χ4v) is 1.81. The van der Waals surface area contributed by atoms with Crippen molar-refractivity contribution in [2.45, 2.75) is 44.9 Å². The van der Waals surface area contributed by atoms with Crippen molar-refractivity contribution in [3.05, 3.63) is 0 Å². The van der Waals surface area contributed by atoms with Crippen molar-refractivity contribution >= 4 is 13.9 Å². The molecule has 0 aliphatic carbocycles. The number of amides is 1. The average molecular weight is 241 g/mol. The molecule has 0 aromatic heterocycles. The van der Waals surface area contributed by atoms with Gasteiger partial charge >= 0.3 is 6.09 Å². The molecule has 1 fully saturated rings. The Morgan fingerprint density at radius 3 is 2.12 bits per heavy atom. The number of carbonyl (C=O) groups is 1. The van der Waals surface area contributed by atoms with Crippen molar-refractivity contribution in [2.24, 2.45) is 5.92 Å². The van der Waals surface area contributed by atoms with E-state index in [1.807, 2.05) is 20.8 Å². The zero-order valence-electron chi connectivity index (χ0n) is 10.6. The first-order chi connectivity index (χ1) is 7.59. The van der Waals surface area contributed by atoms with Crippen LogP contribution < -0.4 is 0 Å². The van der Waals surface area contributed by atoms with E-state index in [4.69, 9.17) is 12.6 Å². The maximum atomic E-state index is 11.7. The molecule has 1 saturated heterocycles. The molecule has 0 atom stereocenters. The normalized spacial score (nSPS) is 19.2. The zero-order valence-corrected chi connectivity index (χ0v) is 10.6. The first-order valence-corrected chi connectivity index (χ1v) is 5.81. The number of likely N-dealkylation sites (tertiary alicyclic amines) is 1. The van der Waals surface area contributed by atoms with Gasteiger partial charge in [0.15, 0.2) is 7.85 Å². The van der Waals surface area contributed by atoms with Gasteiger partial charge < -0.3 is 19.8 Å². The van der Waals surface area contributed by atoms with E-state index in [2.05, 4.69) is 0 Å². The number of nitrogens with zero attached hydrogens (tertiary/aromatic N) is 1. The zero-order chi connectivity index (χ0) is 13.3. The Labute approximate surface area is 103 Å². The van der Waals surface area contributed by atoms with Crippen molar-refractivity contribution in [1.29, 1.82) is 0 Å². The van der Waals surface area contributed by atoms with Crippen LogP contribution in [0.4, 0.5) is 4.79 Å². The molecule has 1 aliphatic heterocycles. The monoisotopic (exact) mass is 241 g/mol. The molecule has 0 spiro atoms. The fraction of sp³-hybridized carbons (Fsp3) is 0.909. The minimum Gasteiger partial charge on any atom is -0.444 e. The highest BCUT2D eigenvalue weighted by atomic mass is 16.6. The maximum absolute atomic E-state index is 11.7. The van der Waals surface area contributed by atoms with Crippen LogP contribution in [0.25, 0.3) is 0 Å². The SMILES string of the molecule is [B]C(O)(O)C1CCN(C(=O)OC(C)(C)C)CC1. The summed E-state index contributed by atoms with van der Waals surface area (Å²) in [5.74, 6) is -0.402. The van der Waals surface area contributed by atoms with Crippen LogP contribution in [-0.4, -0.2) is 53.4 Å². The van der Waals surface area contributed by atoms with Gasteiger partial charge in [0.05, 0.1) is 0 Å². The molecule has 0 saturated carbocycles. The molecule has 0 bridgehead atoms. The molecule has 1 aliphatic rings. The molecule has 2 N–H and O–H groups in total. The van der Waals surface area contributed by atoms with Gasteiger partial charge in [-0.1, -0.05) is 0 Å². The lowest BCUT2D eigenvalue weighted by Crippen LogP contribution is -2.48. The van der Waals surface area contributed by atoms with E-state index in [1.165, 1.54) is 0 Å². The number of piperidine rings is 1. The van der Waals surface area contributed by atoms with Gasteiger partial charge in [0.25, 0.3) is 0 Å². The number of rotatable bonds is 1. The van der Waals surface area contributed by atoms with Crippen molar-refractivity contribution < 1.29 is 19.7 Å². The molecule has 0 aromatic rings. The highest BCUT2D eigenvalue weighted by Crippen LogP contribution is 2.25. The van der Waals surface area contributed by atoms with Crippen LogP contribution in [0.1, 0.15) is 33.6 Å². The van der Waals surface area contributed by atoms with Crippen LogP contribution in [0, 0.1) is 5.92 Å². The predicted octanol–water partition coefficient (Wildman–Crippen LogP) is 0.440. The van der Waals surface area contributed by atoms with E-state index in [0.29, 0.717) is 25.9 Å². The van der Waals surface area contributed by atoms with Crippen molar-refractivity contribution in [2.75, 3.05) is 13.1 Å². The van der Waals surface area contributed by atoms with Gasteiger partial charge in [-0.2, -0.15) is 0 Å². The summed E-state index contributed by atoms with van der Waals surface area (Å²) in [6, 6.07) is 0. The van der Waals surface area contributed by atoms with E-state index in [1.54, 1.807) is 4.90 Å². The molecular weight excluding hydrogens is 221 g/mol. The van der Waals surface area contributed by atoms with Crippen LogP contribution in [-0.2, 0) is 4.74 Å². The number of ether oxygens (including phenoxy) is 1. The second-order valence-corrected chi connectivity index (χ2v) is 5.52. The molecule has 0 aromatic carbocycles. The molecule has 1 amide bonds. The van der Waals surface area contributed by atoms with E-state index < -0.39 is 17.2 Å². The maximum Gasteiger partial charge on any atom is 0.410 e. The third-order valence-electron chi connectivity index (χ3n) is 2.75. The van der Waals surface area contributed by atoms with E-state index in [9.17, 15) is 15.0 Å². The molecule has 1 heterocycles. The summed E-state index contributed by atoms with van der Waals surface area (Å²) in [5.41, 5.74) is -2.67. The number of aliphatic hydroxyl groups is 2. The molecule has 6 heteroatoms. The van der Waals surface area contributed by atoms with Crippen LogP contribution >= 0.6 is 0 Å². The summed E-state index contributed by atoms with van der Waals surface area (Å²) in [5, 5.41) is 18.5. The van der Waals surface area contributed by atoms with Crippen LogP contribution in [0.3, 0.4) is 0 Å². The van der Waals surface area contributed by atoms with Crippen LogP contribution in [0.15, 0.2) is 0 Å². The topological polar surface area (TPSA) is 70.0 Å². The summed E-state index contributed by atoms with van der Waals surface area (Å²) in [6.45, 7) is 6.29. The highest BCUT2D eigenvalue weighted by molar-refractivity contribution is 6.13. The van der Waals surface area contributed by atoms with Gasteiger partial charge in [-0.25, -0.2) is 4.79 Å². The Balaban J connectivity index is 2.45. The lowest BCUT2D eigenvalue weighted by molar-refractivity contribution is -0.139. The molecule has 0 unspecified atom stereocenters. The smallest absolute Gasteiger partial charge is 0.410 e. The second-order valence-electron chi connectivity index (χ2n) is 5.52. The number of hydrogen-bond donors (Lipinski definition) is 2. The third-order valence-corrected chi connectivity index (χ3v) is 2.75. The summed E-state index contributed by atoms with van der Waals surface area (Å²) >= 11 is 0. The lowest BCUT2D eigenvalue weighted by Gasteiger charge is -2.37.